The van der Waals surface area contributed by atoms with Crippen LogP contribution in [0, 0.1) is 5.92 Å². The van der Waals surface area contributed by atoms with Gasteiger partial charge in [0.25, 0.3) is 0 Å². The molecule has 1 N–H and O–H groups in total. The van der Waals surface area contributed by atoms with Crippen LogP contribution in [0.1, 0.15) is 12.8 Å². The lowest BCUT2D eigenvalue weighted by Crippen LogP contribution is -2.54. The number of rotatable bonds is 2. The molecule has 2 rings (SSSR count). The summed E-state index contributed by atoms with van der Waals surface area (Å²) in [7, 11) is 0. The number of morpholine rings is 1. The van der Waals surface area contributed by atoms with Crippen molar-refractivity contribution < 1.29 is 9.53 Å². The second-order valence-electron chi connectivity index (χ2n) is 4.48. The first kappa shape index (κ1) is 14.5. The zero-order valence-electron chi connectivity index (χ0n) is 10.1. The molecule has 0 spiro atoms. The highest BCUT2D eigenvalue weighted by molar-refractivity contribution is 5.85. The van der Waals surface area contributed by atoms with Gasteiger partial charge < -0.3 is 15.0 Å². The lowest BCUT2D eigenvalue weighted by atomic mass is 9.96. The van der Waals surface area contributed by atoms with Gasteiger partial charge in [-0.2, -0.15) is 0 Å². The summed E-state index contributed by atoms with van der Waals surface area (Å²) in [5.74, 6) is 0.779. The summed E-state index contributed by atoms with van der Waals surface area (Å²) in [5, 5.41) is 3.20. The Balaban J connectivity index is 0.00000144. The average molecular weight is 261 g/mol. The Morgan fingerprint density at radius 3 is 2.65 bits per heavy atom. The van der Waals surface area contributed by atoms with Crippen molar-refractivity contribution in [2.24, 2.45) is 5.92 Å². The number of hydrogen-bond acceptors (Lipinski definition) is 3. The molecule has 1 unspecified atom stereocenters. The lowest BCUT2D eigenvalue weighted by Gasteiger charge is -2.34. The molecule has 0 aliphatic carbocycles. The summed E-state index contributed by atoms with van der Waals surface area (Å²) >= 11 is 0. The minimum atomic E-state index is -0.131. The molecule has 2 saturated heterocycles. The molecule has 0 aromatic rings. The molecule has 1 amide bonds. The maximum absolute atomic E-state index is 12.1. The van der Waals surface area contributed by atoms with Gasteiger partial charge in [-0.3, -0.25) is 4.79 Å². The molecule has 2 heterocycles. The Labute approximate surface area is 109 Å². The van der Waals surface area contributed by atoms with Crippen molar-refractivity contribution in [2.45, 2.75) is 18.9 Å². The van der Waals surface area contributed by atoms with E-state index in [1.165, 1.54) is 0 Å². The van der Waals surface area contributed by atoms with Crippen LogP contribution in [0.4, 0.5) is 0 Å². The predicted molar refractivity (Wildman–Crippen MR) is 69.4 cm³/mol. The molecule has 2 fully saturated rings. The Kier molecular flexibility index (Phi) is 5.95. The largest absolute Gasteiger partial charge is 0.378 e. The summed E-state index contributed by atoms with van der Waals surface area (Å²) in [4.78, 5) is 14.1. The topological polar surface area (TPSA) is 41.6 Å². The maximum Gasteiger partial charge on any atom is 0.242 e. The van der Waals surface area contributed by atoms with Gasteiger partial charge in [-0.15, -0.1) is 19.0 Å². The molecule has 1 atom stereocenters. The Hall–Kier alpha value is -0.580. The minimum absolute atomic E-state index is 0. The highest BCUT2D eigenvalue weighted by atomic mass is 35.5. The fourth-order valence-electron chi connectivity index (χ4n) is 2.30. The molecule has 0 radical (unpaired) electrons. The van der Waals surface area contributed by atoms with Crippen LogP contribution in [0.15, 0.2) is 12.7 Å². The third-order valence-corrected chi connectivity index (χ3v) is 3.40. The first-order valence-electron chi connectivity index (χ1n) is 6.03. The zero-order chi connectivity index (χ0) is 11.4. The SMILES string of the molecule is C=CC1CCN(C(=O)C2COCCN2)CC1.Cl. The number of likely N-dealkylation sites (tertiary alicyclic amines) is 1. The van der Waals surface area contributed by atoms with Gasteiger partial charge in [-0.1, -0.05) is 6.08 Å². The molecule has 0 bridgehead atoms. The van der Waals surface area contributed by atoms with Crippen molar-refractivity contribution in [2.75, 3.05) is 32.8 Å². The number of nitrogens with zero attached hydrogens (tertiary/aromatic N) is 1. The van der Waals surface area contributed by atoms with Crippen LogP contribution in [0.3, 0.4) is 0 Å². The van der Waals surface area contributed by atoms with Crippen molar-refractivity contribution in [1.29, 1.82) is 0 Å². The lowest BCUT2D eigenvalue weighted by molar-refractivity contribution is -0.137. The second-order valence-corrected chi connectivity index (χ2v) is 4.48. The zero-order valence-corrected chi connectivity index (χ0v) is 10.9. The smallest absolute Gasteiger partial charge is 0.242 e. The van der Waals surface area contributed by atoms with Crippen LogP contribution in [0.5, 0.6) is 0 Å². The predicted octanol–water partition coefficient (Wildman–Crippen LogP) is 0.821. The Morgan fingerprint density at radius 2 is 2.12 bits per heavy atom. The van der Waals surface area contributed by atoms with Crippen molar-refractivity contribution in [3.05, 3.63) is 12.7 Å². The van der Waals surface area contributed by atoms with E-state index in [-0.39, 0.29) is 24.4 Å². The molecule has 4 nitrogen and oxygen atoms in total. The van der Waals surface area contributed by atoms with Crippen molar-refractivity contribution >= 4 is 18.3 Å². The maximum atomic E-state index is 12.1. The Morgan fingerprint density at radius 1 is 1.41 bits per heavy atom. The molecule has 0 aromatic heterocycles. The van der Waals surface area contributed by atoms with Gasteiger partial charge in [-0.05, 0) is 18.8 Å². The standard InChI is InChI=1S/C12H20N2O2.ClH/c1-2-10-3-6-14(7-4-10)12(15)11-9-16-8-5-13-11;/h2,10-11,13H,1,3-9H2;1H. The van der Waals surface area contributed by atoms with Crippen LogP contribution >= 0.6 is 12.4 Å². The third kappa shape index (κ3) is 3.69. The second kappa shape index (κ2) is 6.99. The molecule has 0 aromatic carbocycles. The molecular weight excluding hydrogens is 240 g/mol. The molecule has 5 heteroatoms. The van der Waals surface area contributed by atoms with Gasteiger partial charge in [0.2, 0.25) is 5.91 Å². The monoisotopic (exact) mass is 260 g/mol. The van der Waals surface area contributed by atoms with E-state index in [4.69, 9.17) is 4.74 Å². The van der Waals surface area contributed by atoms with Gasteiger partial charge >= 0.3 is 0 Å². The van der Waals surface area contributed by atoms with E-state index >= 15 is 0 Å². The number of allylic oxidation sites excluding steroid dienone is 1. The number of amides is 1. The van der Waals surface area contributed by atoms with Crippen molar-refractivity contribution in [3.8, 4) is 0 Å². The van der Waals surface area contributed by atoms with Gasteiger partial charge in [0, 0.05) is 19.6 Å². The first-order chi connectivity index (χ1) is 7.81. The van der Waals surface area contributed by atoms with E-state index in [1.54, 1.807) is 0 Å². The number of halogens is 1. The third-order valence-electron chi connectivity index (χ3n) is 3.40. The first-order valence-corrected chi connectivity index (χ1v) is 6.03. The van der Waals surface area contributed by atoms with Gasteiger partial charge in [0.05, 0.1) is 13.2 Å². The number of ether oxygens (including phenoxy) is 1. The summed E-state index contributed by atoms with van der Waals surface area (Å²) in [5.41, 5.74) is 0. The summed E-state index contributed by atoms with van der Waals surface area (Å²) < 4.78 is 5.31. The van der Waals surface area contributed by atoms with Crippen molar-refractivity contribution in [1.82, 2.24) is 10.2 Å². The van der Waals surface area contributed by atoms with E-state index in [2.05, 4.69) is 11.9 Å². The molecule has 98 valence electrons. The molecule has 17 heavy (non-hydrogen) atoms. The number of carbonyl (C=O) groups excluding carboxylic acids is 1. The van der Waals surface area contributed by atoms with Crippen LogP contribution in [0.25, 0.3) is 0 Å². The summed E-state index contributed by atoms with van der Waals surface area (Å²) in [6.07, 6.45) is 4.09. The fourth-order valence-corrected chi connectivity index (χ4v) is 2.30. The average Bonchev–Trinajstić information content (AvgIpc) is 2.39. The van der Waals surface area contributed by atoms with Crippen molar-refractivity contribution in [3.63, 3.8) is 0 Å². The van der Waals surface area contributed by atoms with E-state index < -0.39 is 0 Å². The summed E-state index contributed by atoms with van der Waals surface area (Å²) in [6, 6.07) is -0.131. The van der Waals surface area contributed by atoms with Gasteiger partial charge in [-0.25, -0.2) is 0 Å². The number of piperidine rings is 1. The van der Waals surface area contributed by atoms with Crippen LogP contribution in [-0.4, -0.2) is 49.7 Å². The van der Waals surface area contributed by atoms with Crippen LogP contribution in [-0.2, 0) is 9.53 Å². The van der Waals surface area contributed by atoms with E-state index in [0.717, 1.165) is 32.5 Å². The molecular formula is C12H21ClN2O2. The normalized spacial score (nSPS) is 26.1. The fraction of sp³-hybridized carbons (Fsp3) is 0.750. The Bertz CT molecular complexity index is 259. The highest BCUT2D eigenvalue weighted by Gasteiger charge is 2.28. The number of carbonyl (C=O) groups is 1. The van der Waals surface area contributed by atoms with E-state index in [9.17, 15) is 4.79 Å². The highest BCUT2D eigenvalue weighted by Crippen LogP contribution is 2.18. The van der Waals surface area contributed by atoms with Gasteiger partial charge in [0.1, 0.15) is 6.04 Å². The summed E-state index contributed by atoms with van der Waals surface area (Å²) in [6.45, 7) is 7.52. The van der Waals surface area contributed by atoms with E-state index in [0.29, 0.717) is 19.1 Å². The molecule has 2 aliphatic rings. The molecule has 0 saturated carbocycles. The number of nitrogens with one attached hydrogen (secondary N) is 1. The minimum Gasteiger partial charge on any atom is -0.378 e. The van der Waals surface area contributed by atoms with Gasteiger partial charge in [0.15, 0.2) is 0 Å². The van der Waals surface area contributed by atoms with E-state index in [1.807, 2.05) is 11.0 Å². The number of hydrogen-bond donors (Lipinski definition) is 1. The molecule has 2 aliphatic heterocycles. The van der Waals surface area contributed by atoms with Crippen LogP contribution < -0.4 is 5.32 Å². The van der Waals surface area contributed by atoms with Crippen LogP contribution in [0.2, 0.25) is 0 Å². The quantitative estimate of drug-likeness (QED) is 0.748.